The third-order valence-electron chi connectivity index (χ3n) is 14.9. The molecule has 1 atom stereocenters. The van der Waals surface area contributed by atoms with Crippen LogP contribution in [-0.2, 0) is 42.0 Å². The quantitative estimate of drug-likeness (QED) is 0.0150. The van der Waals surface area contributed by atoms with E-state index in [2.05, 4.69) is 74.0 Å². The number of nitrogens with two attached hydrogens (primary N) is 1. The van der Waals surface area contributed by atoms with E-state index in [9.17, 15) is 37.1 Å². The van der Waals surface area contributed by atoms with Crippen molar-refractivity contribution in [2.24, 2.45) is 26.9 Å². The van der Waals surface area contributed by atoms with E-state index in [1.807, 2.05) is 65.8 Å². The molecule has 522 valence electrons. The Morgan fingerprint density at radius 3 is 1.45 bits per heavy atom. The number of imidazole rings is 4. The molecule has 0 saturated carbocycles. The maximum atomic E-state index is 13.5. The smallest absolute Gasteiger partial charge is 0.662 e. The molecule has 31 heteroatoms. The molecule has 6 heterocycles. The fraction of sp³-hybridized carbons (Fsp3) is 0.214. The van der Waals surface area contributed by atoms with E-state index in [1.165, 1.54) is 55.0 Å². The molecule has 1 unspecified atom stereocenters. The van der Waals surface area contributed by atoms with Crippen molar-refractivity contribution in [3.63, 3.8) is 0 Å². The summed E-state index contributed by atoms with van der Waals surface area (Å²) in [4.78, 5) is 106. The molecule has 0 aliphatic carbocycles. The first-order valence-electron chi connectivity index (χ1n) is 30.2. The number of carbonyl (C=O) groups is 4. The molecule has 0 aliphatic rings. The number of amidine groups is 1. The zero-order chi connectivity index (χ0) is 73.8. The van der Waals surface area contributed by atoms with E-state index in [-0.39, 0.29) is 152 Å². The molecule has 0 amide bonds. The number of carboxylic acid groups (broad SMARTS) is 1. The number of carbonyl (C=O) groups excluding carboxylic acids is 3. The Morgan fingerprint density at radius 1 is 0.624 bits per heavy atom. The summed E-state index contributed by atoms with van der Waals surface area (Å²) in [5.74, 6) is -1.51. The molecular weight excluding hydrogens is 1630 g/mol. The van der Waals surface area contributed by atoms with Gasteiger partial charge < -0.3 is 26.0 Å². The van der Waals surface area contributed by atoms with Crippen molar-refractivity contribution in [1.29, 1.82) is 5.41 Å². The predicted molar refractivity (Wildman–Crippen MR) is 385 cm³/mol. The van der Waals surface area contributed by atoms with Gasteiger partial charge >= 0.3 is 86.0 Å². The minimum absolute atomic E-state index is 0. The molecule has 101 heavy (non-hydrogen) atoms. The van der Waals surface area contributed by atoms with Gasteiger partial charge in [-0.1, -0.05) is 46.3 Å². The zero-order valence-electron chi connectivity index (χ0n) is 56.6. The molecule has 0 fully saturated rings. The van der Waals surface area contributed by atoms with Gasteiger partial charge in [-0.3, -0.25) is 62.0 Å². The van der Waals surface area contributed by atoms with Crippen LogP contribution in [0, 0.1) is 22.9 Å². The Labute approximate surface area is 659 Å². The number of benzene rings is 6. The van der Waals surface area contributed by atoms with E-state index in [0.717, 1.165) is 56.9 Å². The Kier molecular flexibility index (Phi) is 32.2. The molecule has 0 spiro atoms. The van der Waals surface area contributed by atoms with Gasteiger partial charge in [0.1, 0.15) is 39.5 Å². The number of aryl methyl sites for hydroxylation is 3. The summed E-state index contributed by atoms with van der Waals surface area (Å²) in [6, 6.07) is 34.5. The third kappa shape index (κ3) is 21.3. The number of halogens is 6. The number of nitrogens with one attached hydrogen (secondary N) is 2. The normalized spacial score (nSPS) is 10.8. The maximum Gasteiger partial charge on any atom is 1.00 e. The van der Waals surface area contributed by atoms with Crippen molar-refractivity contribution in [2.45, 2.75) is 77.8 Å². The summed E-state index contributed by atoms with van der Waals surface area (Å²) in [6.07, 6.45) is 9.51. The molecule has 0 aliphatic heterocycles. The van der Waals surface area contributed by atoms with Crippen LogP contribution in [0.4, 0.5) is 13.2 Å². The van der Waals surface area contributed by atoms with Crippen molar-refractivity contribution in [3.05, 3.63) is 241 Å². The van der Waals surface area contributed by atoms with E-state index in [0.29, 0.717) is 45.1 Å². The molecule has 12 rings (SSSR count). The first-order chi connectivity index (χ1) is 47.6. The number of rotatable bonds is 14. The Bertz CT molecular complexity index is 5000. The molecule has 12 aromatic rings. The fourth-order valence-corrected chi connectivity index (χ4v) is 10.8. The van der Waals surface area contributed by atoms with Crippen LogP contribution in [-0.4, -0.2) is 92.3 Å². The zero-order valence-corrected chi connectivity index (χ0v) is 67.6. The Morgan fingerprint density at radius 2 is 1.03 bits per heavy atom. The van der Waals surface area contributed by atoms with Crippen LogP contribution < -0.4 is 97.0 Å². The minimum atomic E-state index is -0.833. The Balaban J connectivity index is 0.000000242. The van der Waals surface area contributed by atoms with Crippen LogP contribution in [0.3, 0.4) is 0 Å². The average molecular weight is 1700 g/mol. The summed E-state index contributed by atoms with van der Waals surface area (Å²) in [7, 11) is 5.17. The average Bonchev–Trinajstić information content (AvgIpc) is 1.63. The largest absolute Gasteiger partial charge is 1.00 e. The summed E-state index contributed by atoms with van der Waals surface area (Å²) in [6.45, 7) is 12.7. The molecule has 5 N–H and O–H groups in total. The van der Waals surface area contributed by atoms with Gasteiger partial charge in [-0.2, -0.15) is 0 Å². The number of hydrogen-bond acceptors (Lipinski definition) is 15. The van der Waals surface area contributed by atoms with E-state index in [1.54, 1.807) is 134 Å². The number of hydrogen-bond donors (Lipinski definition) is 4. The summed E-state index contributed by atoms with van der Waals surface area (Å²) < 4.78 is 49.5. The van der Waals surface area contributed by atoms with Gasteiger partial charge in [0.2, 0.25) is 0 Å². The van der Waals surface area contributed by atoms with Crippen LogP contribution in [0.25, 0.3) is 67.1 Å². The number of aromatic amines is 1. The summed E-state index contributed by atoms with van der Waals surface area (Å²) in [5, 5.41) is 22.8. The number of fused-ring (bicyclic) bond motifs is 3. The van der Waals surface area contributed by atoms with Gasteiger partial charge in [0.15, 0.2) is 17.4 Å². The molecule has 0 bridgehead atoms. The topological polar surface area (TPSA) is 332 Å². The second-order valence-corrected chi connectivity index (χ2v) is 23.6. The molecule has 0 saturated heterocycles. The number of aliphatic carboxylic acids is 1. The van der Waals surface area contributed by atoms with Crippen LogP contribution in [0.1, 0.15) is 109 Å². The fourth-order valence-electron chi connectivity index (χ4n) is 10.3. The number of alkyl halides is 1. The molecular formula is C70H69Br3CsF3N14O10. The molecule has 6 aromatic carbocycles. The summed E-state index contributed by atoms with van der Waals surface area (Å²) >= 11 is 8.89. The van der Waals surface area contributed by atoms with Crippen molar-refractivity contribution in [2.75, 3.05) is 0 Å². The van der Waals surface area contributed by atoms with E-state index >= 15 is 0 Å². The number of nitrogen functional groups attached to an aromatic ring is 1. The number of nitrogens with zero attached hydrogens (tertiary/aromatic N) is 11. The van der Waals surface area contributed by atoms with Crippen molar-refractivity contribution in [1.82, 2.24) is 57.3 Å². The molecule has 6 aromatic heterocycles. The second kappa shape index (κ2) is 39.1. The third-order valence-corrected chi connectivity index (χ3v) is 15.8. The van der Waals surface area contributed by atoms with Crippen molar-refractivity contribution in [3.8, 4) is 34.0 Å². The van der Waals surface area contributed by atoms with Crippen LogP contribution >= 0.6 is 44.2 Å². The predicted octanol–water partition coefficient (Wildman–Crippen LogP) is 9.42. The molecule has 0 radical (unpaired) electrons. The van der Waals surface area contributed by atoms with Crippen molar-refractivity contribution < 1.29 is 116 Å². The monoisotopic (exact) mass is 1690 g/mol. The SMILES string of the molecule is BrBr.CC(=O)O.CC(C)n1c(=O)n(C)c2cc(-c3nc(-c4cnccn4)[nH]c3-c3ccc(F)cc3)ccc21.CC(C)n1c(=O)n(C)c2cc(C(=O)C(Br)c3ccc(F)cc3)ccc21.CC(C)n1c(=O)n(C)c2cc(C(=O)Cc3ccc(F)cc3)ccc21.N=C(N)c1cnccn1.O=CO[O-].[Cs+]. The van der Waals surface area contributed by atoms with Gasteiger partial charge in [0.05, 0.1) is 56.9 Å². The van der Waals surface area contributed by atoms with Crippen LogP contribution in [0.5, 0.6) is 0 Å². The molecule has 24 nitrogen and oxygen atoms in total. The first kappa shape index (κ1) is 83.2. The second-order valence-electron chi connectivity index (χ2n) is 22.7. The standard InChI is InChI=1S/C24H21FN6O.C19H18BrFN2O2.C19H19FN2O2.C5H6N4.C2H4O2.CH2O3.Br2.Cs/c1-14(2)31-19-9-6-16(12-20(19)30(3)24(31)32)22-21(15-4-7-17(25)8-5-15)28-23(29-22)18-13-26-10-11-27-18;1-11(2)23-15-9-6-13(10-16(15)22(3)19(23)25)18(24)17(20)12-4-7-14(21)8-5-12;1-12(2)22-16-9-6-14(11-17(16)21(3)19(22)24)18(23)10-13-4-7-15(20)8-5-13;6-5(7)4-3-8-1-2-9-4;1-2(3)4;2-1-4-3;1-2;/h4-14H,1-3H3,(H,28,29);4-11,17H,1-3H3;4-9,11-12H,10H2,1-3H3;1-3H,(H3,6,7);1H3,(H,3,4);1,3H;;/q;;;;;;;+1/p-1. The maximum absolute atomic E-state index is 13.5. The van der Waals surface area contributed by atoms with Gasteiger partial charge in [-0.05, 0) is 150 Å². The first-order valence-corrected chi connectivity index (χ1v) is 34.8. The van der Waals surface area contributed by atoms with Crippen molar-refractivity contribution >= 4 is 107 Å². The van der Waals surface area contributed by atoms with Gasteiger partial charge in [-0.15, -0.1) is 0 Å². The van der Waals surface area contributed by atoms with E-state index in [4.69, 9.17) is 36.1 Å². The van der Waals surface area contributed by atoms with Gasteiger partial charge in [0.25, 0.3) is 12.4 Å². The number of ketones is 2. The van der Waals surface area contributed by atoms with Crippen LogP contribution in [0.2, 0.25) is 0 Å². The number of Topliss-reactive ketones (excluding diaryl/α,β-unsaturated/α-hetero) is 2. The number of H-pyrrole nitrogens is 1. The Hall–Kier alpha value is -8.51. The summed E-state index contributed by atoms with van der Waals surface area (Å²) in [5.41, 5.74) is 16.1. The van der Waals surface area contributed by atoms with E-state index < -0.39 is 10.8 Å². The van der Waals surface area contributed by atoms with Crippen LogP contribution in [0.15, 0.2) is 179 Å². The van der Waals surface area contributed by atoms with Gasteiger partial charge in [0, 0.05) is 128 Å². The van der Waals surface area contributed by atoms with Gasteiger partial charge in [-0.25, -0.2) is 42.5 Å². The minimum Gasteiger partial charge on any atom is -0.662 e. The number of aromatic nitrogens is 12. The number of carboxylic acids is 1.